The molecule has 0 spiro atoms. The average Bonchev–Trinajstić information content (AvgIpc) is 3.42. The van der Waals surface area contributed by atoms with E-state index in [-0.39, 0.29) is 24.4 Å². The SMILES string of the molecule is COc1cc(C(=O)CCC(=O)c2cccc(-c3csc4c(C)cccc34)n2)ccc1OCCN1CCOCC1. The Hall–Kier alpha value is -3.59. The van der Waals surface area contributed by atoms with Crippen molar-refractivity contribution in [2.45, 2.75) is 19.8 Å². The van der Waals surface area contributed by atoms with Crippen LogP contribution < -0.4 is 9.47 Å². The maximum Gasteiger partial charge on any atom is 0.181 e. The minimum Gasteiger partial charge on any atom is -0.493 e. The van der Waals surface area contributed by atoms with Crippen LogP contribution in [0.25, 0.3) is 21.3 Å². The first-order valence-electron chi connectivity index (χ1n) is 13.1. The summed E-state index contributed by atoms with van der Waals surface area (Å²) in [5.41, 5.74) is 3.86. The molecule has 2 aromatic carbocycles. The van der Waals surface area contributed by atoms with E-state index in [1.807, 2.05) is 18.2 Å². The van der Waals surface area contributed by atoms with Gasteiger partial charge in [-0.25, -0.2) is 4.98 Å². The second-order valence-electron chi connectivity index (χ2n) is 9.52. The van der Waals surface area contributed by atoms with Crippen molar-refractivity contribution >= 4 is 33.0 Å². The molecule has 8 heteroatoms. The quantitative estimate of drug-likeness (QED) is 0.220. The molecule has 0 amide bonds. The molecule has 202 valence electrons. The highest BCUT2D eigenvalue weighted by Crippen LogP contribution is 2.35. The van der Waals surface area contributed by atoms with Gasteiger partial charge in [-0.15, -0.1) is 11.3 Å². The zero-order valence-electron chi connectivity index (χ0n) is 22.3. The van der Waals surface area contributed by atoms with Gasteiger partial charge in [0.2, 0.25) is 0 Å². The van der Waals surface area contributed by atoms with Gasteiger partial charge in [-0.2, -0.15) is 0 Å². The molecule has 1 aliphatic heterocycles. The maximum absolute atomic E-state index is 13.0. The van der Waals surface area contributed by atoms with Crippen LogP contribution in [0.5, 0.6) is 11.5 Å². The number of aryl methyl sites for hydroxylation is 1. The van der Waals surface area contributed by atoms with Crippen LogP contribution in [0, 0.1) is 6.92 Å². The van der Waals surface area contributed by atoms with Crippen molar-refractivity contribution in [1.82, 2.24) is 9.88 Å². The number of benzene rings is 2. The van der Waals surface area contributed by atoms with Gasteiger partial charge in [0.25, 0.3) is 0 Å². The van der Waals surface area contributed by atoms with Crippen LogP contribution in [0.2, 0.25) is 0 Å². The number of ketones is 2. The molecule has 0 radical (unpaired) electrons. The fraction of sp³-hybridized carbons (Fsp3) is 0.323. The maximum atomic E-state index is 13.0. The highest BCUT2D eigenvalue weighted by atomic mass is 32.1. The molecule has 1 fully saturated rings. The lowest BCUT2D eigenvalue weighted by Crippen LogP contribution is -2.38. The Balaban J connectivity index is 1.20. The van der Waals surface area contributed by atoms with Crippen LogP contribution in [0.3, 0.4) is 0 Å². The van der Waals surface area contributed by atoms with Gasteiger partial charge in [0.1, 0.15) is 12.3 Å². The highest BCUT2D eigenvalue weighted by Gasteiger charge is 2.17. The van der Waals surface area contributed by atoms with E-state index in [0.717, 1.165) is 49.5 Å². The number of hydrogen-bond acceptors (Lipinski definition) is 8. The molecule has 5 rings (SSSR count). The molecule has 0 N–H and O–H groups in total. The second kappa shape index (κ2) is 12.5. The molecule has 7 nitrogen and oxygen atoms in total. The first-order chi connectivity index (χ1) is 19.0. The average molecular weight is 545 g/mol. The van der Waals surface area contributed by atoms with Gasteiger partial charge in [-0.1, -0.05) is 24.3 Å². The monoisotopic (exact) mass is 544 g/mol. The molecule has 39 heavy (non-hydrogen) atoms. The molecule has 0 bridgehead atoms. The third kappa shape index (κ3) is 6.36. The lowest BCUT2D eigenvalue weighted by atomic mass is 10.0. The summed E-state index contributed by atoms with van der Waals surface area (Å²) >= 11 is 1.68. The number of fused-ring (bicyclic) bond motifs is 1. The number of carbonyl (C=O) groups is 2. The summed E-state index contributed by atoms with van der Waals surface area (Å²) in [5.74, 6) is 0.810. The van der Waals surface area contributed by atoms with Crippen molar-refractivity contribution < 1.29 is 23.8 Å². The summed E-state index contributed by atoms with van der Waals surface area (Å²) in [7, 11) is 1.55. The highest BCUT2D eigenvalue weighted by molar-refractivity contribution is 7.18. The number of ether oxygens (including phenoxy) is 3. The van der Waals surface area contributed by atoms with Crippen LogP contribution >= 0.6 is 11.3 Å². The standard InChI is InChI=1S/C31H32N2O5S/c1-21-5-3-6-23-24(20-39-31(21)23)25-7-4-8-26(32-25)28(35)11-10-27(34)22-9-12-29(30(19-22)36-2)38-18-15-33-13-16-37-17-14-33/h3-9,12,19-20H,10-11,13-18H2,1-2H3. The summed E-state index contributed by atoms with van der Waals surface area (Å²) in [6.45, 7) is 6.70. The van der Waals surface area contributed by atoms with Crippen molar-refractivity contribution in [3.05, 3.63) is 76.8 Å². The van der Waals surface area contributed by atoms with Gasteiger partial charge in [0.05, 0.1) is 26.0 Å². The van der Waals surface area contributed by atoms with Crippen molar-refractivity contribution in [2.24, 2.45) is 0 Å². The van der Waals surface area contributed by atoms with E-state index in [1.165, 1.54) is 10.3 Å². The van der Waals surface area contributed by atoms with Gasteiger partial charge in [-0.05, 0) is 42.8 Å². The van der Waals surface area contributed by atoms with E-state index in [4.69, 9.17) is 14.2 Å². The summed E-state index contributed by atoms with van der Waals surface area (Å²) < 4.78 is 18.0. The predicted molar refractivity (Wildman–Crippen MR) is 153 cm³/mol. The topological polar surface area (TPSA) is 78.0 Å². The Bertz CT molecular complexity index is 1480. The number of thiophene rings is 1. The second-order valence-corrected chi connectivity index (χ2v) is 10.4. The van der Waals surface area contributed by atoms with Crippen LogP contribution in [-0.2, 0) is 4.74 Å². The molecule has 1 aliphatic rings. The van der Waals surface area contributed by atoms with Crippen molar-refractivity contribution in [3.63, 3.8) is 0 Å². The molecule has 0 unspecified atom stereocenters. The Labute approximate surface area is 232 Å². The third-order valence-electron chi connectivity index (χ3n) is 6.94. The summed E-state index contributed by atoms with van der Waals surface area (Å²) in [6.07, 6.45) is 0.171. The summed E-state index contributed by atoms with van der Waals surface area (Å²) in [4.78, 5) is 32.8. The summed E-state index contributed by atoms with van der Waals surface area (Å²) in [6, 6.07) is 16.8. The number of methoxy groups -OCH3 is 1. The first kappa shape index (κ1) is 27.0. The molecule has 0 aliphatic carbocycles. The van der Waals surface area contributed by atoms with E-state index >= 15 is 0 Å². The fourth-order valence-electron chi connectivity index (χ4n) is 4.71. The molecule has 3 heterocycles. The molecule has 1 saturated heterocycles. The molecule has 0 saturated carbocycles. The van der Waals surface area contributed by atoms with Crippen LogP contribution in [0.15, 0.2) is 60.0 Å². The lowest BCUT2D eigenvalue weighted by molar-refractivity contribution is 0.0321. The van der Waals surface area contributed by atoms with Gasteiger partial charge in [-0.3, -0.25) is 14.5 Å². The molecule has 4 aromatic rings. The zero-order valence-corrected chi connectivity index (χ0v) is 23.1. The lowest BCUT2D eigenvalue weighted by Gasteiger charge is -2.26. The van der Waals surface area contributed by atoms with Gasteiger partial charge >= 0.3 is 0 Å². The van der Waals surface area contributed by atoms with Crippen molar-refractivity contribution in [1.29, 1.82) is 0 Å². The number of rotatable bonds is 11. The first-order valence-corrected chi connectivity index (χ1v) is 14.0. The van der Waals surface area contributed by atoms with E-state index in [0.29, 0.717) is 29.4 Å². The number of pyridine rings is 1. The van der Waals surface area contributed by atoms with Gasteiger partial charge in [0.15, 0.2) is 23.1 Å². The Morgan fingerprint density at radius 2 is 1.79 bits per heavy atom. The van der Waals surface area contributed by atoms with Crippen molar-refractivity contribution in [3.8, 4) is 22.8 Å². The smallest absolute Gasteiger partial charge is 0.181 e. The number of Topliss-reactive ketones (excluding diaryl/α,β-unsaturated/α-hetero) is 2. The van der Waals surface area contributed by atoms with E-state index < -0.39 is 0 Å². The number of hydrogen-bond donors (Lipinski definition) is 0. The van der Waals surface area contributed by atoms with Gasteiger partial charge < -0.3 is 14.2 Å². The third-order valence-corrected chi connectivity index (χ3v) is 8.07. The number of aromatic nitrogens is 1. The molecular formula is C31H32N2O5S. The van der Waals surface area contributed by atoms with E-state index in [9.17, 15) is 9.59 Å². The molecule has 0 atom stereocenters. The number of carbonyl (C=O) groups excluding carboxylic acids is 2. The zero-order chi connectivity index (χ0) is 27.2. The van der Waals surface area contributed by atoms with Crippen LogP contribution in [0.4, 0.5) is 0 Å². The fourth-order valence-corrected chi connectivity index (χ4v) is 5.75. The van der Waals surface area contributed by atoms with Gasteiger partial charge in [0, 0.05) is 59.1 Å². The Kier molecular flexibility index (Phi) is 8.66. The van der Waals surface area contributed by atoms with E-state index in [1.54, 1.807) is 42.7 Å². The number of morpholine rings is 1. The van der Waals surface area contributed by atoms with Crippen molar-refractivity contribution in [2.75, 3.05) is 46.6 Å². The number of nitrogens with zero attached hydrogens (tertiary/aromatic N) is 2. The molecule has 2 aromatic heterocycles. The van der Waals surface area contributed by atoms with Crippen LogP contribution in [0.1, 0.15) is 39.3 Å². The predicted octanol–water partition coefficient (Wildman–Crippen LogP) is 5.84. The normalized spacial score (nSPS) is 13.9. The minimum absolute atomic E-state index is 0.0822. The van der Waals surface area contributed by atoms with E-state index in [2.05, 4.69) is 34.3 Å². The molecular weight excluding hydrogens is 512 g/mol. The largest absolute Gasteiger partial charge is 0.493 e. The summed E-state index contributed by atoms with van der Waals surface area (Å²) in [5, 5.41) is 3.22. The minimum atomic E-state index is -0.157. The Morgan fingerprint density at radius 3 is 2.62 bits per heavy atom. The Morgan fingerprint density at radius 1 is 1.00 bits per heavy atom. The van der Waals surface area contributed by atoms with Crippen LogP contribution in [-0.4, -0.2) is 68.0 Å².